The van der Waals surface area contributed by atoms with Crippen molar-refractivity contribution in [2.75, 3.05) is 0 Å². The van der Waals surface area contributed by atoms with Crippen LogP contribution < -0.4 is 10.2 Å². The molecule has 0 aliphatic heterocycles. The first-order chi connectivity index (χ1) is 15.2. The number of unbranched alkanes of at least 4 members (excludes halogenated alkanes) is 2. The van der Waals surface area contributed by atoms with Gasteiger partial charge in [-0.15, -0.1) is 0 Å². The van der Waals surface area contributed by atoms with E-state index in [1.54, 1.807) is 15.8 Å². The first-order valence-electron chi connectivity index (χ1n) is 13.6. The maximum atomic E-state index is 9.93. The maximum Gasteiger partial charge on any atom is 2.00 e. The Morgan fingerprint density at radius 3 is 0.971 bits per heavy atom. The number of aliphatic carboxylic acids is 2. The molecule has 0 atom stereocenters. The number of carbonyl (C=O) groups excluding carboxylic acids is 2. The summed E-state index contributed by atoms with van der Waals surface area (Å²) in [6.45, 7) is 22.8. The fourth-order valence-electron chi connectivity index (χ4n) is 3.93. The molecule has 0 bridgehead atoms. The van der Waals surface area contributed by atoms with Gasteiger partial charge in [-0.1, -0.05) is 129 Å². The third-order valence-electron chi connectivity index (χ3n) is 5.24. The molecule has 0 aromatic carbocycles. The van der Waals surface area contributed by atoms with Crippen LogP contribution in [0.1, 0.15) is 121 Å². The summed E-state index contributed by atoms with van der Waals surface area (Å²) in [5.41, 5.74) is 0. The molecule has 6 heteroatoms. The van der Waals surface area contributed by atoms with Crippen molar-refractivity contribution in [3.63, 3.8) is 0 Å². The predicted octanol–water partition coefficient (Wildman–Crippen LogP) is 6.35. The molecule has 0 saturated heterocycles. The van der Waals surface area contributed by atoms with Crippen molar-refractivity contribution in [2.45, 2.75) is 136 Å². The van der Waals surface area contributed by atoms with Crippen molar-refractivity contribution < 1.29 is 36.3 Å². The molecular weight excluding hydrogens is 486 g/mol. The van der Waals surface area contributed by atoms with Gasteiger partial charge in [-0.05, 0) is 37.5 Å². The molecule has 206 valence electrons. The second kappa shape index (κ2) is 27.6. The maximum absolute atomic E-state index is 9.93. The number of carbonyl (C=O) groups is 2. The predicted molar refractivity (Wildman–Crippen MR) is 141 cm³/mol. The monoisotopic (exact) mass is 542 g/mol. The van der Waals surface area contributed by atoms with E-state index in [1.165, 1.54) is 0 Å². The molecule has 0 rings (SSSR count). The Morgan fingerprint density at radius 1 is 0.529 bits per heavy atom. The summed E-state index contributed by atoms with van der Waals surface area (Å²) >= 11 is -0.407. The smallest absolute Gasteiger partial charge is 0.550 e. The Bertz CT molecular complexity index is 402. The molecule has 0 aromatic heterocycles. The molecule has 0 spiro atoms. The summed E-state index contributed by atoms with van der Waals surface area (Å²) in [7, 11) is 0. The van der Waals surface area contributed by atoms with Crippen LogP contribution >= 0.6 is 0 Å². The summed E-state index contributed by atoms with van der Waals surface area (Å²) in [6.07, 6.45) is 6.21. The zero-order chi connectivity index (χ0) is 26.4. The normalized spacial score (nSPS) is 10.6. The standard InChI is InChI=1S/2C8H16O2.3C4H9.Al.Ni/c2*1-7(2)5-3-4-6-8(9)10;3*1-4(2)3;;/h2*7H,3-6H2,1-2H3,(H,9,10);3*4H,1H2,2-3H3;;/q;;;;;;+2/p-2. The Labute approximate surface area is 227 Å². The summed E-state index contributed by atoms with van der Waals surface area (Å²) in [4.78, 5) is 19.9. The minimum atomic E-state index is -0.927. The summed E-state index contributed by atoms with van der Waals surface area (Å²) < 4.78 is 0. The molecule has 4 nitrogen and oxygen atoms in total. The molecule has 0 saturated carbocycles. The summed E-state index contributed by atoms with van der Waals surface area (Å²) in [5, 5.41) is 24.5. The molecule has 0 amide bonds. The van der Waals surface area contributed by atoms with Gasteiger partial charge in [0.25, 0.3) is 14.1 Å². The molecule has 0 fully saturated rings. The van der Waals surface area contributed by atoms with Crippen molar-refractivity contribution in [1.29, 1.82) is 0 Å². The fraction of sp³-hybridized carbons (Fsp3) is 0.929. The third kappa shape index (κ3) is 45.5. The van der Waals surface area contributed by atoms with E-state index in [-0.39, 0.29) is 29.3 Å². The second-order valence-corrected chi connectivity index (χ2v) is 14.9. The Hall–Kier alpha value is -0.0340. The van der Waals surface area contributed by atoms with Gasteiger partial charge in [-0.3, -0.25) is 0 Å². The molecule has 34 heavy (non-hydrogen) atoms. The van der Waals surface area contributed by atoms with E-state index in [0.717, 1.165) is 56.3 Å². The summed E-state index contributed by atoms with van der Waals surface area (Å²) in [5.74, 6) is 2.29. The SMILES string of the molecule is CC(C)CCCCC(=O)[O-].CC(C)CCCCC(=O)[O-].CC(C)[CH2][Al]([CH2]C(C)C)[CH2]C(C)C.[Ni+2]. The van der Waals surface area contributed by atoms with Gasteiger partial charge < -0.3 is 19.8 Å². The second-order valence-electron chi connectivity index (χ2n) is 11.8. The van der Waals surface area contributed by atoms with E-state index in [4.69, 9.17) is 0 Å². The minimum absolute atomic E-state index is 0. The van der Waals surface area contributed by atoms with Crippen LogP contribution in [0.15, 0.2) is 0 Å². The van der Waals surface area contributed by atoms with Crippen molar-refractivity contribution in [2.24, 2.45) is 29.6 Å². The number of carboxylic acids is 2. The van der Waals surface area contributed by atoms with Crippen LogP contribution in [0, 0.1) is 29.6 Å². The van der Waals surface area contributed by atoms with E-state index >= 15 is 0 Å². The first-order valence-corrected chi connectivity index (χ1v) is 16.0. The van der Waals surface area contributed by atoms with Gasteiger partial charge in [0, 0.05) is 11.9 Å². The van der Waals surface area contributed by atoms with Gasteiger partial charge in [-0.2, -0.15) is 0 Å². The molecule has 0 aliphatic rings. The van der Waals surface area contributed by atoms with Gasteiger partial charge in [0.1, 0.15) is 0 Å². The van der Waals surface area contributed by atoms with Crippen LogP contribution in [-0.2, 0) is 26.1 Å². The zero-order valence-corrected chi connectivity index (χ0v) is 26.3. The molecular formula is C28H57AlNiO4. The number of hydrogen-bond donors (Lipinski definition) is 0. The quantitative estimate of drug-likeness (QED) is 0.168. The van der Waals surface area contributed by atoms with E-state index < -0.39 is 26.1 Å². The van der Waals surface area contributed by atoms with Crippen molar-refractivity contribution in [3.8, 4) is 0 Å². The topological polar surface area (TPSA) is 80.3 Å². The van der Waals surface area contributed by atoms with Crippen molar-refractivity contribution in [3.05, 3.63) is 0 Å². The van der Waals surface area contributed by atoms with E-state index in [1.807, 2.05) is 0 Å². The molecule has 0 aromatic rings. The molecule has 0 unspecified atom stereocenters. The number of carboxylic acid groups (broad SMARTS) is 2. The third-order valence-corrected chi connectivity index (χ3v) is 10.1. The van der Waals surface area contributed by atoms with Gasteiger partial charge in [0.15, 0.2) is 0 Å². The van der Waals surface area contributed by atoms with Gasteiger partial charge in [0.05, 0.1) is 0 Å². The van der Waals surface area contributed by atoms with Crippen LogP contribution in [0.5, 0.6) is 0 Å². The van der Waals surface area contributed by atoms with Crippen LogP contribution in [0.3, 0.4) is 0 Å². The average Bonchev–Trinajstić information content (AvgIpc) is 2.61. The number of rotatable bonds is 16. The van der Waals surface area contributed by atoms with Crippen molar-refractivity contribution in [1.82, 2.24) is 0 Å². The van der Waals surface area contributed by atoms with Crippen molar-refractivity contribution >= 4 is 26.1 Å². The average molecular weight is 543 g/mol. The van der Waals surface area contributed by atoms with Gasteiger partial charge in [-0.25, -0.2) is 0 Å². The first kappa shape index (κ1) is 41.1. The van der Waals surface area contributed by atoms with Crippen LogP contribution in [-0.4, -0.2) is 26.1 Å². The number of hydrogen-bond acceptors (Lipinski definition) is 4. The molecule has 0 radical (unpaired) electrons. The molecule has 0 heterocycles. The zero-order valence-electron chi connectivity index (χ0n) is 24.2. The fourth-order valence-corrected chi connectivity index (χ4v) is 8.51. The van der Waals surface area contributed by atoms with Crippen LogP contribution in [0.25, 0.3) is 0 Å². The molecule has 0 aliphatic carbocycles. The van der Waals surface area contributed by atoms with Crippen LogP contribution in [0.4, 0.5) is 0 Å². The van der Waals surface area contributed by atoms with E-state index in [2.05, 4.69) is 69.2 Å². The van der Waals surface area contributed by atoms with E-state index in [0.29, 0.717) is 11.8 Å². The largest absolute Gasteiger partial charge is 2.00 e. The van der Waals surface area contributed by atoms with Gasteiger partial charge in [0.2, 0.25) is 0 Å². The Kier molecular flexibility index (Phi) is 33.3. The summed E-state index contributed by atoms with van der Waals surface area (Å²) in [6, 6.07) is 0. The van der Waals surface area contributed by atoms with E-state index in [9.17, 15) is 19.8 Å². The Morgan fingerprint density at radius 2 is 0.794 bits per heavy atom. The Balaban J connectivity index is -0.000000198. The van der Waals surface area contributed by atoms with Gasteiger partial charge >= 0.3 is 16.5 Å². The molecule has 0 N–H and O–H groups in total. The minimum Gasteiger partial charge on any atom is -0.550 e. The van der Waals surface area contributed by atoms with Crippen LogP contribution in [0.2, 0.25) is 15.8 Å².